The summed E-state index contributed by atoms with van der Waals surface area (Å²) in [4.78, 5) is 0. The number of hydrogen-bond donors (Lipinski definition) is 2. The molecule has 1 fully saturated rings. The molecule has 94 valence electrons. The molecule has 0 radical (unpaired) electrons. The van der Waals surface area contributed by atoms with Crippen LogP contribution >= 0.6 is 0 Å². The van der Waals surface area contributed by atoms with Crippen molar-refractivity contribution in [2.24, 2.45) is 11.1 Å². The molecule has 17 heavy (non-hydrogen) atoms. The Hall–Kier alpha value is -0.860. The van der Waals surface area contributed by atoms with Gasteiger partial charge in [0.05, 0.1) is 6.61 Å². The molecule has 0 saturated heterocycles. The van der Waals surface area contributed by atoms with Crippen LogP contribution < -0.4 is 5.73 Å². The molecule has 1 unspecified atom stereocenters. The molecule has 1 aliphatic rings. The van der Waals surface area contributed by atoms with Crippen LogP contribution in [0.4, 0.5) is 0 Å². The van der Waals surface area contributed by atoms with Gasteiger partial charge in [-0.15, -0.1) is 0 Å². The average Bonchev–Trinajstić information content (AvgIpc) is 2.28. The fraction of sp³-hybridized carbons (Fsp3) is 0.600. The van der Waals surface area contributed by atoms with Crippen molar-refractivity contribution in [2.75, 3.05) is 6.61 Å². The lowest BCUT2D eigenvalue weighted by Gasteiger charge is -2.45. The number of hydrogen-bond acceptors (Lipinski definition) is 2. The molecule has 1 atom stereocenters. The number of aliphatic hydroxyl groups excluding tert-OH is 1. The van der Waals surface area contributed by atoms with E-state index in [0.717, 1.165) is 18.4 Å². The van der Waals surface area contributed by atoms with Crippen LogP contribution in [0.5, 0.6) is 0 Å². The van der Waals surface area contributed by atoms with Crippen LogP contribution in [0, 0.1) is 5.41 Å². The first-order chi connectivity index (χ1) is 8.09. The molecule has 0 amide bonds. The second-order valence-corrected chi connectivity index (χ2v) is 5.67. The van der Waals surface area contributed by atoms with Crippen molar-refractivity contribution in [1.29, 1.82) is 0 Å². The Balaban J connectivity index is 2.16. The molecule has 2 rings (SSSR count). The summed E-state index contributed by atoms with van der Waals surface area (Å²) in [6.45, 7) is 4.59. The molecule has 0 heterocycles. The summed E-state index contributed by atoms with van der Waals surface area (Å²) >= 11 is 0. The fourth-order valence-corrected chi connectivity index (χ4v) is 2.64. The van der Waals surface area contributed by atoms with Gasteiger partial charge in [0.2, 0.25) is 0 Å². The molecule has 0 spiro atoms. The maximum absolute atomic E-state index is 9.53. The van der Waals surface area contributed by atoms with E-state index >= 15 is 0 Å². The molecule has 0 aromatic heterocycles. The predicted octanol–water partition coefficient (Wildman–Crippen LogP) is 2.97. The van der Waals surface area contributed by atoms with Crippen molar-refractivity contribution >= 4 is 0 Å². The number of aliphatic hydroxyl groups is 1. The highest BCUT2D eigenvalue weighted by Gasteiger charge is 2.42. The van der Waals surface area contributed by atoms with Crippen LogP contribution in [0.3, 0.4) is 0 Å². The number of rotatable bonds is 4. The van der Waals surface area contributed by atoms with Crippen LogP contribution in [0.2, 0.25) is 0 Å². The zero-order chi connectivity index (χ0) is 12.5. The van der Waals surface area contributed by atoms with Gasteiger partial charge in [0.25, 0.3) is 0 Å². The molecule has 0 bridgehead atoms. The summed E-state index contributed by atoms with van der Waals surface area (Å²) in [7, 11) is 0. The minimum Gasteiger partial charge on any atom is -0.396 e. The van der Waals surface area contributed by atoms with Gasteiger partial charge in [0.15, 0.2) is 0 Å². The maximum atomic E-state index is 9.53. The van der Waals surface area contributed by atoms with Crippen molar-refractivity contribution in [1.82, 2.24) is 0 Å². The maximum Gasteiger partial charge on any atom is 0.0505 e. The summed E-state index contributed by atoms with van der Waals surface area (Å²) in [5.74, 6) is 0.552. The normalized spacial score (nSPS) is 20.1. The lowest BCUT2D eigenvalue weighted by Crippen LogP contribution is -2.43. The third kappa shape index (κ3) is 2.24. The van der Waals surface area contributed by atoms with Gasteiger partial charge in [0.1, 0.15) is 0 Å². The van der Waals surface area contributed by atoms with E-state index in [0.29, 0.717) is 5.92 Å². The molecule has 2 heteroatoms. The van der Waals surface area contributed by atoms with Crippen LogP contribution in [0.1, 0.15) is 56.2 Å². The second kappa shape index (κ2) is 4.79. The minimum absolute atomic E-state index is 0.0255. The zero-order valence-electron chi connectivity index (χ0n) is 10.8. The van der Waals surface area contributed by atoms with Gasteiger partial charge in [-0.2, -0.15) is 0 Å². The Kier molecular flexibility index (Phi) is 3.55. The van der Waals surface area contributed by atoms with Gasteiger partial charge < -0.3 is 10.8 Å². The van der Waals surface area contributed by atoms with E-state index in [1.807, 2.05) is 0 Å². The van der Waals surface area contributed by atoms with Gasteiger partial charge >= 0.3 is 0 Å². The molecule has 1 aromatic rings. The average molecular weight is 233 g/mol. The van der Waals surface area contributed by atoms with Crippen LogP contribution in [0.25, 0.3) is 0 Å². The molecule has 1 aromatic carbocycles. The fourth-order valence-electron chi connectivity index (χ4n) is 2.64. The lowest BCUT2D eigenvalue weighted by molar-refractivity contribution is 0.0184. The number of benzene rings is 1. The first-order valence-corrected chi connectivity index (χ1v) is 6.55. The third-order valence-electron chi connectivity index (χ3n) is 4.29. The summed E-state index contributed by atoms with van der Waals surface area (Å²) in [6.07, 6.45) is 3.30. The van der Waals surface area contributed by atoms with Crippen molar-refractivity contribution in [3.63, 3.8) is 0 Å². The molecule has 1 aliphatic carbocycles. The van der Waals surface area contributed by atoms with Gasteiger partial charge in [-0.05, 0) is 29.9 Å². The highest BCUT2D eigenvalue weighted by atomic mass is 16.3. The van der Waals surface area contributed by atoms with Gasteiger partial charge in [0, 0.05) is 11.5 Å². The van der Waals surface area contributed by atoms with Crippen molar-refractivity contribution in [3.8, 4) is 0 Å². The van der Waals surface area contributed by atoms with E-state index in [2.05, 4.69) is 38.1 Å². The van der Waals surface area contributed by atoms with Crippen molar-refractivity contribution in [2.45, 2.75) is 45.1 Å². The van der Waals surface area contributed by atoms with Crippen molar-refractivity contribution in [3.05, 3.63) is 35.4 Å². The third-order valence-corrected chi connectivity index (χ3v) is 4.29. The Labute approximate surface area is 104 Å². The van der Waals surface area contributed by atoms with E-state index in [9.17, 15) is 5.11 Å². The van der Waals surface area contributed by atoms with Gasteiger partial charge in [-0.25, -0.2) is 0 Å². The predicted molar refractivity (Wildman–Crippen MR) is 70.8 cm³/mol. The first kappa shape index (κ1) is 12.6. The van der Waals surface area contributed by atoms with E-state index in [1.54, 1.807) is 0 Å². The highest BCUT2D eigenvalue weighted by Crippen LogP contribution is 2.48. The van der Waals surface area contributed by atoms with Gasteiger partial charge in [-0.3, -0.25) is 0 Å². The summed E-state index contributed by atoms with van der Waals surface area (Å²) in [6, 6.07) is 8.53. The number of nitrogens with two attached hydrogens (primary N) is 1. The zero-order valence-corrected chi connectivity index (χ0v) is 10.8. The second-order valence-electron chi connectivity index (χ2n) is 5.67. The van der Waals surface area contributed by atoms with E-state index in [4.69, 9.17) is 5.73 Å². The Morgan fingerprint density at radius 3 is 2.06 bits per heavy atom. The monoisotopic (exact) mass is 233 g/mol. The summed E-state index contributed by atoms with van der Waals surface area (Å²) < 4.78 is 0. The molecule has 2 nitrogen and oxygen atoms in total. The van der Waals surface area contributed by atoms with E-state index in [-0.39, 0.29) is 18.1 Å². The Morgan fingerprint density at radius 2 is 1.71 bits per heavy atom. The molecular formula is C15H23NO. The SMILES string of the molecule is CC(C)c1ccc(C(N)C2(CO)CCC2)cc1. The van der Waals surface area contributed by atoms with Crippen LogP contribution in [-0.2, 0) is 0 Å². The largest absolute Gasteiger partial charge is 0.396 e. The van der Waals surface area contributed by atoms with E-state index in [1.165, 1.54) is 12.0 Å². The minimum atomic E-state index is -0.0562. The summed E-state index contributed by atoms with van der Waals surface area (Å²) in [5, 5.41) is 9.53. The standard InChI is InChI=1S/C15H23NO/c1-11(2)12-4-6-13(7-5-12)14(16)15(10-17)8-3-9-15/h4-7,11,14,17H,3,8-10,16H2,1-2H3. The Morgan fingerprint density at radius 1 is 1.18 bits per heavy atom. The molecule has 1 saturated carbocycles. The van der Waals surface area contributed by atoms with Crippen molar-refractivity contribution < 1.29 is 5.11 Å². The van der Waals surface area contributed by atoms with Crippen LogP contribution in [-0.4, -0.2) is 11.7 Å². The summed E-state index contributed by atoms with van der Waals surface area (Å²) in [5.41, 5.74) is 8.75. The van der Waals surface area contributed by atoms with Crippen LogP contribution in [0.15, 0.2) is 24.3 Å². The molecule has 3 N–H and O–H groups in total. The quantitative estimate of drug-likeness (QED) is 0.840. The highest BCUT2D eigenvalue weighted by molar-refractivity contribution is 5.28. The Bertz CT molecular complexity index is 360. The van der Waals surface area contributed by atoms with Gasteiger partial charge in [-0.1, -0.05) is 44.5 Å². The molecular weight excluding hydrogens is 210 g/mol. The van der Waals surface area contributed by atoms with E-state index < -0.39 is 0 Å². The smallest absolute Gasteiger partial charge is 0.0505 e. The molecule has 0 aliphatic heterocycles. The topological polar surface area (TPSA) is 46.2 Å². The lowest BCUT2D eigenvalue weighted by atomic mass is 9.63. The first-order valence-electron chi connectivity index (χ1n) is 6.55.